The van der Waals surface area contributed by atoms with Crippen molar-refractivity contribution in [3.05, 3.63) is 29.3 Å². The van der Waals surface area contributed by atoms with Crippen LogP contribution >= 0.6 is 0 Å². The van der Waals surface area contributed by atoms with Crippen LogP contribution in [0.4, 0.5) is 0 Å². The molecule has 0 aromatic heterocycles. The van der Waals surface area contributed by atoms with Gasteiger partial charge in [-0.25, -0.2) is 0 Å². The second kappa shape index (κ2) is 3.65. The number of rotatable bonds is 0. The number of fused-ring (bicyclic) bond motifs is 2. The van der Waals surface area contributed by atoms with Gasteiger partial charge in [-0.15, -0.1) is 0 Å². The van der Waals surface area contributed by atoms with Gasteiger partial charge in [-0.2, -0.15) is 0 Å². The first-order valence-electron chi connectivity index (χ1n) is 6.80. The Morgan fingerprint density at radius 2 is 1.94 bits per heavy atom. The number of hydrogen-bond acceptors (Lipinski definition) is 0. The zero-order chi connectivity index (χ0) is 11.2. The molecule has 16 heavy (non-hydrogen) atoms. The molecule has 3 rings (SSSR count). The van der Waals surface area contributed by atoms with Gasteiger partial charge in [-0.1, -0.05) is 30.6 Å². The average Bonchev–Trinajstić information content (AvgIpc) is 2.62. The van der Waals surface area contributed by atoms with Gasteiger partial charge in [-0.05, 0) is 61.0 Å². The van der Waals surface area contributed by atoms with Gasteiger partial charge in [0.1, 0.15) is 7.85 Å². The third kappa shape index (κ3) is 1.52. The minimum Gasteiger partial charge on any atom is -0.0887 e. The summed E-state index contributed by atoms with van der Waals surface area (Å²) in [6.45, 7) is 2.41. The first kappa shape index (κ1) is 10.4. The lowest BCUT2D eigenvalue weighted by molar-refractivity contribution is 0.241. The molecule has 0 nitrogen and oxygen atoms in total. The van der Waals surface area contributed by atoms with Crippen molar-refractivity contribution in [2.45, 2.75) is 50.9 Å². The quantitative estimate of drug-likeness (QED) is 0.579. The average molecular weight is 212 g/mol. The first-order valence-corrected chi connectivity index (χ1v) is 6.80. The van der Waals surface area contributed by atoms with Crippen molar-refractivity contribution in [2.75, 3.05) is 0 Å². The fourth-order valence-corrected chi connectivity index (χ4v) is 3.79. The van der Waals surface area contributed by atoms with Crippen molar-refractivity contribution in [1.29, 1.82) is 0 Å². The van der Waals surface area contributed by atoms with Crippen LogP contribution in [0.5, 0.6) is 0 Å². The highest BCUT2D eigenvalue weighted by atomic mass is 14.4. The molecule has 0 unspecified atom stereocenters. The van der Waals surface area contributed by atoms with Crippen LogP contribution in [0.3, 0.4) is 0 Å². The van der Waals surface area contributed by atoms with Crippen molar-refractivity contribution in [2.24, 2.45) is 5.92 Å². The lowest BCUT2D eigenvalue weighted by atomic mass is 9.67. The molecule has 2 aliphatic carbocycles. The van der Waals surface area contributed by atoms with Gasteiger partial charge in [-0.3, -0.25) is 0 Å². The Hall–Kier alpha value is -0.715. The van der Waals surface area contributed by atoms with Gasteiger partial charge in [0.05, 0.1) is 0 Å². The zero-order valence-corrected chi connectivity index (χ0v) is 10.6. The molecular weight excluding hydrogens is 191 g/mol. The molecule has 84 valence electrons. The Bertz CT molecular complexity index is 400. The van der Waals surface area contributed by atoms with Crippen LogP contribution in [-0.2, 0) is 11.8 Å². The SMILES string of the molecule is Bc1ccc2c(c1)CCC21CCC(C)CC1. The summed E-state index contributed by atoms with van der Waals surface area (Å²) in [5.41, 5.74) is 5.36. The maximum atomic E-state index is 2.42. The van der Waals surface area contributed by atoms with Gasteiger partial charge in [0.15, 0.2) is 0 Å². The fraction of sp³-hybridized carbons (Fsp3) is 0.600. The minimum absolute atomic E-state index is 0.579. The van der Waals surface area contributed by atoms with Crippen molar-refractivity contribution in [1.82, 2.24) is 0 Å². The summed E-state index contributed by atoms with van der Waals surface area (Å²) in [4.78, 5) is 0. The van der Waals surface area contributed by atoms with Gasteiger partial charge < -0.3 is 0 Å². The normalized spacial score (nSPS) is 32.9. The Labute approximate surface area is 99.9 Å². The molecule has 1 aromatic rings. The molecule has 0 N–H and O–H groups in total. The molecule has 0 saturated heterocycles. The van der Waals surface area contributed by atoms with Crippen LogP contribution in [0.1, 0.15) is 50.2 Å². The molecule has 1 aromatic carbocycles. The van der Waals surface area contributed by atoms with E-state index in [4.69, 9.17) is 0 Å². The predicted octanol–water partition coefficient (Wildman–Crippen LogP) is 2.34. The van der Waals surface area contributed by atoms with E-state index in [1.54, 1.807) is 11.1 Å². The molecule has 0 heterocycles. The summed E-state index contributed by atoms with van der Waals surface area (Å²) in [5, 5.41) is 0. The molecular formula is C15H21B. The van der Waals surface area contributed by atoms with Gasteiger partial charge in [0.2, 0.25) is 0 Å². The molecule has 1 heteroatoms. The van der Waals surface area contributed by atoms with E-state index in [1.165, 1.54) is 44.0 Å². The summed E-state index contributed by atoms with van der Waals surface area (Å²) in [6, 6.07) is 7.15. The summed E-state index contributed by atoms with van der Waals surface area (Å²) in [5.74, 6) is 0.958. The van der Waals surface area contributed by atoms with E-state index in [9.17, 15) is 0 Å². The summed E-state index contributed by atoms with van der Waals surface area (Å²) in [6.07, 6.45) is 8.49. The Morgan fingerprint density at radius 1 is 1.19 bits per heavy atom. The van der Waals surface area contributed by atoms with E-state index in [-0.39, 0.29) is 0 Å². The Balaban J connectivity index is 1.96. The number of aryl methyl sites for hydroxylation is 1. The topological polar surface area (TPSA) is 0 Å². The summed E-state index contributed by atoms with van der Waals surface area (Å²) < 4.78 is 0. The Kier molecular flexibility index (Phi) is 2.38. The number of benzene rings is 1. The first-order chi connectivity index (χ1) is 7.70. The molecule has 0 radical (unpaired) electrons. The summed E-state index contributed by atoms with van der Waals surface area (Å²) in [7, 11) is 2.22. The van der Waals surface area contributed by atoms with Crippen molar-refractivity contribution in [3.8, 4) is 0 Å². The lowest BCUT2D eigenvalue weighted by Gasteiger charge is -2.37. The molecule has 0 bridgehead atoms. The maximum absolute atomic E-state index is 2.42. The summed E-state index contributed by atoms with van der Waals surface area (Å²) >= 11 is 0. The van der Waals surface area contributed by atoms with E-state index in [2.05, 4.69) is 33.0 Å². The monoisotopic (exact) mass is 212 g/mol. The van der Waals surface area contributed by atoms with Gasteiger partial charge in [0, 0.05) is 0 Å². The molecule has 1 fully saturated rings. The second-order valence-electron chi connectivity index (χ2n) is 6.12. The molecule has 0 amide bonds. The second-order valence-corrected chi connectivity index (χ2v) is 6.12. The van der Waals surface area contributed by atoms with E-state index < -0.39 is 0 Å². The van der Waals surface area contributed by atoms with E-state index in [1.807, 2.05) is 0 Å². The predicted molar refractivity (Wildman–Crippen MR) is 72.3 cm³/mol. The molecule has 0 aliphatic heterocycles. The lowest BCUT2D eigenvalue weighted by Crippen LogP contribution is -2.28. The standard InChI is InChI=1S/C15H21B/c1-11-4-7-15(8-5-11)9-6-12-10-13(16)2-3-14(12)15/h2-3,10-11H,4-9,16H2,1H3. The van der Waals surface area contributed by atoms with Crippen molar-refractivity contribution >= 4 is 13.3 Å². The van der Waals surface area contributed by atoms with Crippen LogP contribution in [0.15, 0.2) is 18.2 Å². The third-order valence-corrected chi connectivity index (χ3v) is 4.94. The van der Waals surface area contributed by atoms with Crippen molar-refractivity contribution in [3.63, 3.8) is 0 Å². The molecule has 1 saturated carbocycles. The van der Waals surface area contributed by atoms with Gasteiger partial charge in [0.25, 0.3) is 0 Å². The highest BCUT2D eigenvalue weighted by Gasteiger charge is 2.40. The van der Waals surface area contributed by atoms with E-state index in [0.29, 0.717) is 5.41 Å². The van der Waals surface area contributed by atoms with E-state index >= 15 is 0 Å². The molecule has 1 spiro atoms. The fourth-order valence-electron chi connectivity index (χ4n) is 3.79. The third-order valence-electron chi connectivity index (χ3n) is 4.94. The molecule has 0 atom stereocenters. The largest absolute Gasteiger partial charge is 0.139 e. The highest BCUT2D eigenvalue weighted by molar-refractivity contribution is 6.32. The minimum atomic E-state index is 0.579. The van der Waals surface area contributed by atoms with Crippen LogP contribution in [0.2, 0.25) is 0 Å². The van der Waals surface area contributed by atoms with E-state index in [0.717, 1.165) is 5.92 Å². The molecule has 2 aliphatic rings. The van der Waals surface area contributed by atoms with Gasteiger partial charge >= 0.3 is 0 Å². The number of hydrogen-bond donors (Lipinski definition) is 0. The van der Waals surface area contributed by atoms with Crippen LogP contribution in [0.25, 0.3) is 0 Å². The van der Waals surface area contributed by atoms with Crippen LogP contribution in [0, 0.1) is 5.92 Å². The van der Waals surface area contributed by atoms with Crippen LogP contribution < -0.4 is 5.46 Å². The Morgan fingerprint density at radius 3 is 2.69 bits per heavy atom. The maximum Gasteiger partial charge on any atom is 0.139 e. The smallest absolute Gasteiger partial charge is 0.0887 e. The zero-order valence-electron chi connectivity index (χ0n) is 10.6. The van der Waals surface area contributed by atoms with Crippen LogP contribution in [-0.4, -0.2) is 7.85 Å². The van der Waals surface area contributed by atoms with Crippen molar-refractivity contribution < 1.29 is 0 Å². The highest BCUT2D eigenvalue weighted by Crippen LogP contribution is 2.49.